The lowest BCUT2D eigenvalue weighted by Gasteiger charge is -2.36. The smallest absolute Gasteiger partial charge is 0.328 e. The van der Waals surface area contributed by atoms with Crippen molar-refractivity contribution in [2.24, 2.45) is 0 Å². The predicted molar refractivity (Wildman–Crippen MR) is 144 cm³/mol. The minimum atomic E-state index is -0.747. The number of fused-ring (bicyclic) bond motifs is 1. The molecule has 0 bridgehead atoms. The Bertz CT molecular complexity index is 1390. The zero-order valence-electron chi connectivity index (χ0n) is 21.8. The first-order chi connectivity index (χ1) is 18.5. The Morgan fingerprint density at radius 3 is 2.21 bits per heavy atom. The molecule has 0 unspecified atom stereocenters. The van der Waals surface area contributed by atoms with Gasteiger partial charge in [-0.25, -0.2) is 9.78 Å². The number of ether oxygens (including phenoxy) is 2. The highest BCUT2D eigenvalue weighted by Gasteiger charge is 2.40. The molecule has 1 aliphatic heterocycles. The number of hydrogen-bond acceptors (Lipinski definition) is 5. The van der Waals surface area contributed by atoms with Crippen molar-refractivity contribution in [2.75, 3.05) is 14.2 Å². The van der Waals surface area contributed by atoms with E-state index in [9.17, 15) is 9.59 Å². The largest absolute Gasteiger partial charge is 0.496 e. The van der Waals surface area contributed by atoms with Crippen molar-refractivity contribution in [1.82, 2.24) is 14.5 Å². The molecule has 0 aliphatic carbocycles. The third kappa shape index (κ3) is 4.92. The van der Waals surface area contributed by atoms with Crippen LogP contribution in [0.15, 0.2) is 85.2 Å². The molecule has 5 rings (SSSR count). The first-order valence-electron chi connectivity index (χ1n) is 12.6. The molecule has 0 spiro atoms. The Morgan fingerprint density at radius 2 is 1.63 bits per heavy atom. The number of aryl methyl sites for hydroxylation is 1. The second-order valence-electron chi connectivity index (χ2n) is 9.53. The van der Waals surface area contributed by atoms with Crippen molar-refractivity contribution in [3.05, 3.63) is 119 Å². The van der Waals surface area contributed by atoms with E-state index < -0.39 is 17.9 Å². The Labute approximate surface area is 222 Å². The predicted octanol–water partition coefficient (Wildman–Crippen LogP) is 4.51. The fourth-order valence-corrected chi connectivity index (χ4v) is 5.27. The SMILES string of the molecule is COC(=O)[C@@H]1Cc2c(ncn2Cc2ccc(OC)c(C)c2)CN1C(=O)C(c1ccccc1)c1ccccc1. The van der Waals surface area contributed by atoms with Gasteiger partial charge in [0.05, 0.1) is 38.7 Å². The van der Waals surface area contributed by atoms with Crippen LogP contribution in [0.25, 0.3) is 0 Å². The van der Waals surface area contributed by atoms with Crippen molar-refractivity contribution in [3.63, 3.8) is 0 Å². The maximum absolute atomic E-state index is 14.2. The molecule has 0 saturated heterocycles. The van der Waals surface area contributed by atoms with Gasteiger partial charge < -0.3 is 18.9 Å². The lowest BCUT2D eigenvalue weighted by Crippen LogP contribution is -2.51. The van der Waals surface area contributed by atoms with Crippen LogP contribution in [0.1, 0.15) is 39.6 Å². The number of benzene rings is 3. The van der Waals surface area contributed by atoms with Crippen LogP contribution in [-0.4, -0.2) is 46.6 Å². The average Bonchev–Trinajstić information content (AvgIpc) is 3.34. The highest BCUT2D eigenvalue weighted by atomic mass is 16.5. The number of carbonyl (C=O) groups is 2. The summed E-state index contributed by atoms with van der Waals surface area (Å²) in [7, 11) is 3.03. The molecule has 1 aliphatic rings. The van der Waals surface area contributed by atoms with Crippen LogP contribution in [0, 0.1) is 6.92 Å². The molecule has 7 heteroatoms. The molecular weight excluding hydrogens is 478 g/mol. The Morgan fingerprint density at radius 1 is 0.974 bits per heavy atom. The van der Waals surface area contributed by atoms with Gasteiger partial charge in [0.15, 0.2) is 0 Å². The number of nitrogens with zero attached hydrogens (tertiary/aromatic N) is 3. The molecule has 2 heterocycles. The van der Waals surface area contributed by atoms with Gasteiger partial charge in [0.25, 0.3) is 0 Å². The van der Waals surface area contributed by atoms with Crippen LogP contribution >= 0.6 is 0 Å². The Kier molecular flexibility index (Phi) is 7.26. The number of amides is 1. The third-order valence-electron chi connectivity index (χ3n) is 7.20. The number of esters is 1. The first kappa shape index (κ1) is 25.3. The van der Waals surface area contributed by atoms with Crippen molar-refractivity contribution in [2.45, 2.75) is 38.4 Å². The molecule has 38 heavy (non-hydrogen) atoms. The molecule has 0 radical (unpaired) electrons. The summed E-state index contributed by atoms with van der Waals surface area (Å²) in [5.74, 6) is -0.288. The van der Waals surface area contributed by atoms with E-state index in [1.54, 1.807) is 18.3 Å². The molecule has 0 N–H and O–H groups in total. The van der Waals surface area contributed by atoms with Crippen LogP contribution in [-0.2, 0) is 33.8 Å². The maximum atomic E-state index is 14.2. The Balaban J connectivity index is 1.48. The van der Waals surface area contributed by atoms with E-state index >= 15 is 0 Å². The number of imidazole rings is 1. The van der Waals surface area contributed by atoms with E-state index in [2.05, 4.69) is 15.6 Å². The molecular formula is C31H31N3O4. The van der Waals surface area contributed by atoms with E-state index in [-0.39, 0.29) is 12.5 Å². The van der Waals surface area contributed by atoms with Gasteiger partial charge >= 0.3 is 5.97 Å². The fourth-order valence-electron chi connectivity index (χ4n) is 5.27. The summed E-state index contributed by atoms with van der Waals surface area (Å²) in [5, 5.41) is 0. The third-order valence-corrected chi connectivity index (χ3v) is 7.20. The molecule has 194 valence electrons. The summed E-state index contributed by atoms with van der Waals surface area (Å²) < 4.78 is 12.6. The number of rotatable bonds is 7. The summed E-state index contributed by atoms with van der Waals surface area (Å²) in [5.41, 5.74) is 5.63. The fraction of sp³-hybridized carbons (Fsp3) is 0.258. The molecule has 1 aromatic heterocycles. The van der Waals surface area contributed by atoms with Crippen molar-refractivity contribution < 1.29 is 19.1 Å². The number of aromatic nitrogens is 2. The highest BCUT2D eigenvalue weighted by Crippen LogP contribution is 2.32. The second-order valence-corrected chi connectivity index (χ2v) is 9.53. The zero-order chi connectivity index (χ0) is 26.6. The van der Waals surface area contributed by atoms with Gasteiger partial charge in [-0.3, -0.25) is 4.79 Å². The van der Waals surface area contributed by atoms with E-state index in [0.29, 0.717) is 13.0 Å². The number of methoxy groups -OCH3 is 2. The van der Waals surface area contributed by atoms with Crippen molar-refractivity contribution >= 4 is 11.9 Å². The normalized spacial score (nSPS) is 14.7. The van der Waals surface area contributed by atoms with Gasteiger partial charge in [0.2, 0.25) is 5.91 Å². The van der Waals surface area contributed by atoms with E-state index in [0.717, 1.165) is 39.4 Å². The molecule has 1 amide bonds. The molecule has 0 saturated carbocycles. The van der Waals surface area contributed by atoms with Crippen LogP contribution in [0.5, 0.6) is 5.75 Å². The van der Waals surface area contributed by atoms with E-state index in [1.807, 2.05) is 79.7 Å². The van der Waals surface area contributed by atoms with Gasteiger partial charge in [0, 0.05) is 18.7 Å². The minimum absolute atomic E-state index is 0.149. The molecule has 3 aromatic carbocycles. The molecule has 7 nitrogen and oxygen atoms in total. The molecule has 1 atom stereocenters. The van der Waals surface area contributed by atoms with Gasteiger partial charge in [-0.15, -0.1) is 0 Å². The minimum Gasteiger partial charge on any atom is -0.496 e. The van der Waals surface area contributed by atoms with Gasteiger partial charge in [-0.1, -0.05) is 72.8 Å². The maximum Gasteiger partial charge on any atom is 0.328 e. The van der Waals surface area contributed by atoms with Crippen LogP contribution in [0.4, 0.5) is 0 Å². The number of hydrogen-bond donors (Lipinski definition) is 0. The second kappa shape index (κ2) is 10.9. The van der Waals surface area contributed by atoms with Gasteiger partial charge in [-0.05, 0) is 35.2 Å². The summed E-state index contributed by atoms with van der Waals surface area (Å²) in [6, 6.07) is 24.7. The van der Waals surface area contributed by atoms with E-state index in [1.165, 1.54) is 7.11 Å². The summed E-state index contributed by atoms with van der Waals surface area (Å²) in [4.78, 5) is 33.5. The quantitative estimate of drug-likeness (QED) is 0.343. The van der Waals surface area contributed by atoms with E-state index in [4.69, 9.17) is 9.47 Å². The van der Waals surface area contributed by atoms with Crippen LogP contribution in [0.2, 0.25) is 0 Å². The van der Waals surface area contributed by atoms with Crippen molar-refractivity contribution in [3.8, 4) is 5.75 Å². The zero-order valence-corrected chi connectivity index (χ0v) is 21.8. The van der Waals surface area contributed by atoms with Gasteiger partial charge in [0.1, 0.15) is 11.8 Å². The molecule has 0 fully saturated rings. The topological polar surface area (TPSA) is 73.7 Å². The summed E-state index contributed by atoms with van der Waals surface area (Å²) >= 11 is 0. The molecule has 4 aromatic rings. The van der Waals surface area contributed by atoms with Crippen LogP contribution in [0.3, 0.4) is 0 Å². The highest BCUT2D eigenvalue weighted by molar-refractivity contribution is 5.91. The number of carbonyl (C=O) groups excluding carboxylic acids is 2. The lowest BCUT2D eigenvalue weighted by molar-refractivity contribution is -0.154. The summed E-state index contributed by atoms with van der Waals surface area (Å²) in [6.07, 6.45) is 2.12. The van der Waals surface area contributed by atoms with Gasteiger partial charge in [-0.2, -0.15) is 0 Å². The summed E-state index contributed by atoms with van der Waals surface area (Å²) in [6.45, 7) is 2.85. The lowest BCUT2D eigenvalue weighted by atomic mass is 9.88. The van der Waals surface area contributed by atoms with Crippen LogP contribution < -0.4 is 4.74 Å². The van der Waals surface area contributed by atoms with Crippen molar-refractivity contribution in [1.29, 1.82) is 0 Å². The average molecular weight is 510 g/mol. The standard InChI is InChI=1S/C31H31N3O4/c1-21-16-22(14-15-28(21)37-2)18-33-20-32-25-19-34(27(17-26(25)33)31(36)38-3)30(35)29(23-10-6-4-7-11-23)24-12-8-5-9-13-24/h4-16,20,27,29H,17-19H2,1-3H3/t27-/m0/s1. The monoisotopic (exact) mass is 509 g/mol. The first-order valence-corrected chi connectivity index (χ1v) is 12.6. The Hall–Kier alpha value is -4.39.